The van der Waals surface area contributed by atoms with Crippen LogP contribution in [0.25, 0.3) is 18.2 Å². The zero-order valence-corrected chi connectivity index (χ0v) is 45.7. The van der Waals surface area contributed by atoms with E-state index in [0.717, 1.165) is 35.2 Å². The first-order chi connectivity index (χ1) is 33.6. The first-order valence-corrected chi connectivity index (χ1v) is 31.2. The van der Waals surface area contributed by atoms with Crippen molar-refractivity contribution in [1.82, 2.24) is 0 Å². The van der Waals surface area contributed by atoms with Crippen LogP contribution in [0.1, 0.15) is 288 Å². The minimum Gasteiger partial charge on any atom is -0.309 e. The maximum atomic E-state index is 15.6. The highest BCUT2D eigenvalue weighted by Gasteiger charge is 2.29. The van der Waals surface area contributed by atoms with Crippen LogP contribution in [0.3, 0.4) is 0 Å². The Morgan fingerprint density at radius 1 is 0.265 bits per heavy atom. The molecule has 3 aromatic rings. The van der Waals surface area contributed by atoms with Crippen LogP contribution < -0.4 is 15.9 Å². The summed E-state index contributed by atoms with van der Waals surface area (Å²) in [5.41, 5.74) is 3.55. The summed E-state index contributed by atoms with van der Waals surface area (Å²) in [6.45, 7) is 6.89. The van der Waals surface area contributed by atoms with Gasteiger partial charge in [0.2, 0.25) is 0 Å². The van der Waals surface area contributed by atoms with Gasteiger partial charge in [-0.25, -0.2) is 0 Å². The van der Waals surface area contributed by atoms with E-state index in [2.05, 4.69) is 130 Å². The lowest BCUT2D eigenvalue weighted by atomic mass is 10.0. The van der Waals surface area contributed by atoms with Crippen molar-refractivity contribution in [2.75, 3.05) is 0 Å². The van der Waals surface area contributed by atoms with Gasteiger partial charge in [-0.1, -0.05) is 342 Å². The van der Waals surface area contributed by atoms with Crippen LogP contribution >= 0.6 is 7.14 Å². The molecule has 2 heteroatoms. The third-order valence-corrected chi connectivity index (χ3v) is 17.5. The second-order valence-electron chi connectivity index (χ2n) is 20.6. The summed E-state index contributed by atoms with van der Waals surface area (Å²) in [5, 5.41) is 2.71. The fourth-order valence-corrected chi connectivity index (χ4v) is 12.4. The molecule has 0 saturated heterocycles. The minimum atomic E-state index is -3.09. The molecule has 0 saturated carbocycles. The van der Waals surface area contributed by atoms with Gasteiger partial charge < -0.3 is 4.57 Å². The van der Waals surface area contributed by atoms with Gasteiger partial charge in [-0.2, -0.15) is 0 Å². The molecule has 0 bridgehead atoms. The van der Waals surface area contributed by atoms with E-state index in [1.807, 2.05) is 0 Å². The van der Waals surface area contributed by atoms with Crippen molar-refractivity contribution < 1.29 is 4.57 Å². The first-order valence-electron chi connectivity index (χ1n) is 29.5. The van der Waals surface area contributed by atoms with E-state index in [1.165, 1.54) is 248 Å². The highest BCUT2D eigenvalue weighted by Crippen LogP contribution is 2.42. The van der Waals surface area contributed by atoms with Crippen molar-refractivity contribution in [3.63, 3.8) is 0 Å². The summed E-state index contributed by atoms with van der Waals surface area (Å²) in [5.74, 6) is 0. The second kappa shape index (κ2) is 41.9. The molecule has 380 valence electrons. The van der Waals surface area contributed by atoms with Crippen LogP contribution in [-0.2, 0) is 4.57 Å². The summed E-state index contributed by atoms with van der Waals surface area (Å²) in [4.78, 5) is 0. The Bertz CT molecular complexity index is 1510. The van der Waals surface area contributed by atoms with E-state index in [0.29, 0.717) is 0 Å². The van der Waals surface area contributed by atoms with E-state index in [-0.39, 0.29) is 0 Å². The van der Waals surface area contributed by atoms with Crippen molar-refractivity contribution >= 4 is 41.3 Å². The Hall–Kier alpha value is -2.89. The number of benzene rings is 3. The number of hydrogen-bond donors (Lipinski definition) is 0. The van der Waals surface area contributed by atoms with E-state index in [9.17, 15) is 0 Å². The third-order valence-electron chi connectivity index (χ3n) is 14.4. The predicted molar refractivity (Wildman–Crippen MR) is 310 cm³/mol. The monoisotopic (exact) mass is 945 g/mol. The SMILES string of the molecule is CCCCCCCCCCCCCCC=Cc1ccc(P(=O)(c2ccc(C=CCCCCCCCCCCCCCC)cc2)c2ccc(C=CCCCCCCCCCCCCCC)cc2)cc1. The molecule has 0 unspecified atom stereocenters. The van der Waals surface area contributed by atoms with Crippen molar-refractivity contribution in [3.05, 3.63) is 108 Å². The van der Waals surface area contributed by atoms with Gasteiger partial charge in [0.15, 0.2) is 7.14 Å². The lowest BCUT2D eigenvalue weighted by Gasteiger charge is -2.20. The van der Waals surface area contributed by atoms with E-state index in [4.69, 9.17) is 0 Å². The molecule has 0 radical (unpaired) electrons. The molecule has 0 fully saturated rings. The molecule has 68 heavy (non-hydrogen) atoms. The van der Waals surface area contributed by atoms with Gasteiger partial charge in [0.25, 0.3) is 0 Å². The van der Waals surface area contributed by atoms with Gasteiger partial charge in [-0.3, -0.25) is 0 Å². The maximum Gasteiger partial charge on any atom is 0.171 e. The summed E-state index contributed by atoms with van der Waals surface area (Å²) in [6, 6.07) is 25.7. The van der Waals surface area contributed by atoms with E-state index in [1.54, 1.807) is 0 Å². The molecule has 3 rings (SSSR count). The first kappa shape index (κ1) is 59.4. The van der Waals surface area contributed by atoms with Crippen LogP contribution in [0.15, 0.2) is 91.0 Å². The molecule has 0 spiro atoms. The molecular formula is C66H105OP. The number of hydrogen-bond acceptors (Lipinski definition) is 1. The fraction of sp³-hybridized carbons (Fsp3) is 0.636. The molecule has 0 atom stereocenters. The fourth-order valence-electron chi connectivity index (χ4n) is 9.80. The lowest BCUT2D eigenvalue weighted by Crippen LogP contribution is -2.25. The highest BCUT2D eigenvalue weighted by molar-refractivity contribution is 7.85. The smallest absolute Gasteiger partial charge is 0.171 e. The topological polar surface area (TPSA) is 17.1 Å². The van der Waals surface area contributed by atoms with Gasteiger partial charge in [-0.05, 0) is 55.2 Å². The van der Waals surface area contributed by atoms with Gasteiger partial charge in [0.05, 0.1) is 0 Å². The zero-order chi connectivity index (χ0) is 48.3. The Balaban J connectivity index is 1.52. The molecule has 0 heterocycles. The predicted octanol–water partition coefficient (Wildman–Crippen LogP) is 21.6. The Labute approximate surface area is 422 Å². The van der Waals surface area contributed by atoms with E-state index >= 15 is 4.57 Å². The standard InChI is InChI=1S/C66H105OP/c1-4-7-10-13-16-19-22-25-28-31-34-37-40-43-46-61-49-55-64(56-50-61)68(67,65-57-51-62(52-58-65)47-44-41-38-35-32-29-26-23-20-17-14-11-8-5-2)66-59-53-63(54-60-66)48-45-42-39-36-33-30-27-24-21-18-15-12-9-6-3/h43-60H,4-42H2,1-3H3. The summed E-state index contributed by atoms with van der Waals surface area (Å²) >= 11 is 0. The normalized spacial score (nSPS) is 12.9. The van der Waals surface area contributed by atoms with Crippen molar-refractivity contribution in [2.24, 2.45) is 0 Å². The third kappa shape index (κ3) is 28.1. The van der Waals surface area contributed by atoms with Crippen molar-refractivity contribution in [2.45, 2.75) is 271 Å². The number of unbranched alkanes of at least 4 members (excludes halogenated alkanes) is 36. The van der Waals surface area contributed by atoms with Crippen LogP contribution in [0.5, 0.6) is 0 Å². The molecule has 1 nitrogen and oxygen atoms in total. The molecule has 0 aliphatic carbocycles. The Kier molecular flexibility index (Phi) is 36.6. The van der Waals surface area contributed by atoms with Crippen LogP contribution in [0, 0.1) is 0 Å². The van der Waals surface area contributed by atoms with Crippen LogP contribution in [0.4, 0.5) is 0 Å². The van der Waals surface area contributed by atoms with Gasteiger partial charge in [0.1, 0.15) is 0 Å². The van der Waals surface area contributed by atoms with Crippen LogP contribution in [0.2, 0.25) is 0 Å². The number of rotatable bonds is 45. The maximum absolute atomic E-state index is 15.6. The minimum absolute atomic E-state index is 0.904. The average Bonchev–Trinajstić information content (AvgIpc) is 3.37. The quantitative estimate of drug-likeness (QED) is 0.0408. The van der Waals surface area contributed by atoms with Gasteiger partial charge in [-0.15, -0.1) is 0 Å². The average molecular weight is 946 g/mol. The second-order valence-corrected chi connectivity index (χ2v) is 23.4. The van der Waals surface area contributed by atoms with Gasteiger partial charge >= 0.3 is 0 Å². The summed E-state index contributed by atoms with van der Waals surface area (Å²) < 4.78 is 15.6. The Morgan fingerprint density at radius 3 is 0.632 bits per heavy atom. The summed E-state index contributed by atoms with van der Waals surface area (Å²) in [7, 11) is -3.09. The van der Waals surface area contributed by atoms with Crippen molar-refractivity contribution in [3.8, 4) is 0 Å². The Morgan fingerprint density at radius 2 is 0.441 bits per heavy atom. The molecule has 0 aliphatic heterocycles. The van der Waals surface area contributed by atoms with E-state index < -0.39 is 7.14 Å². The zero-order valence-electron chi connectivity index (χ0n) is 44.8. The molecule has 3 aromatic carbocycles. The van der Waals surface area contributed by atoms with Crippen LogP contribution in [-0.4, -0.2) is 0 Å². The summed E-state index contributed by atoms with van der Waals surface area (Å²) in [6.07, 6.45) is 66.9. The molecule has 0 amide bonds. The van der Waals surface area contributed by atoms with Crippen molar-refractivity contribution in [1.29, 1.82) is 0 Å². The highest BCUT2D eigenvalue weighted by atomic mass is 31.2. The molecule has 0 aromatic heterocycles. The number of allylic oxidation sites excluding steroid dienone is 3. The molecule has 0 aliphatic rings. The molecule has 0 N–H and O–H groups in total. The van der Waals surface area contributed by atoms with Gasteiger partial charge in [0, 0.05) is 15.9 Å². The molecular weight excluding hydrogens is 840 g/mol. The lowest BCUT2D eigenvalue weighted by molar-refractivity contribution is 0.545. The largest absolute Gasteiger partial charge is 0.309 e.